The summed E-state index contributed by atoms with van der Waals surface area (Å²) in [5.41, 5.74) is 7.75. The fraction of sp³-hybridized carbons (Fsp3) is 0.467. The average Bonchev–Trinajstić information content (AvgIpc) is 2.72. The van der Waals surface area contributed by atoms with Crippen LogP contribution in [-0.4, -0.2) is 37.1 Å². The third-order valence-electron chi connectivity index (χ3n) is 4.50. The average molecular weight is 289 g/mol. The van der Waals surface area contributed by atoms with Crippen LogP contribution in [0, 0.1) is 5.92 Å². The van der Waals surface area contributed by atoms with Crippen LogP contribution in [0.5, 0.6) is 0 Å². The third-order valence-corrected chi connectivity index (χ3v) is 4.50. The molecule has 3 N–H and O–H groups in total. The van der Waals surface area contributed by atoms with E-state index in [9.17, 15) is 14.7 Å². The number of carbonyl (C=O) groups is 2. The number of anilines is 2. The molecule has 2 amide bonds. The SMILES string of the molecule is CN1C(=O)C(O)c2ccc(N3CCC(C(N)=O)CC3)cc21. The summed E-state index contributed by atoms with van der Waals surface area (Å²) in [4.78, 5) is 26.6. The molecule has 0 aromatic heterocycles. The number of rotatable bonds is 2. The predicted octanol–water partition coefficient (Wildman–Crippen LogP) is 0.398. The summed E-state index contributed by atoms with van der Waals surface area (Å²) in [6.07, 6.45) is 0.452. The molecule has 0 bridgehead atoms. The minimum absolute atomic E-state index is 0.0400. The fourth-order valence-corrected chi connectivity index (χ4v) is 3.11. The summed E-state index contributed by atoms with van der Waals surface area (Å²) in [6, 6.07) is 5.64. The Morgan fingerprint density at radius 3 is 2.62 bits per heavy atom. The number of hydrogen-bond acceptors (Lipinski definition) is 4. The second-order valence-corrected chi connectivity index (χ2v) is 5.71. The number of nitrogens with zero attached hydrogens (tertiary/aromatic N) is 2. The Morgan fingerprint density at radius 1 is 1.33 bits per heavy atom. The molecule has 1 atom stereocenters. The summed E-state index contributed by atoms with van der Waals surface area (Å²) in [5, 5.41) is 9.86. The molecule has 1 aromatic rings. The highest BCUT2D eigenvalue weighted by Gasteiger charge is 2.34. The molecule has 2 heterocycles. The van der Waals surface area contributed by atoms with Gasteiger partial charge in [-0.1, -0.05) is 6.07 Å². The van der Waals surface area contributed by atoms with Crippen LogP contribution in [-0.2, 0) is 9.59 Å². The van der Waals surface area contributed by atoms with E-state index < -0.39 is 6.10 Å². The van der Waals surface area contributed by atoms with Gasteiger partial charge in [0.05, 0.1) is 5.69 Å². The van der Waals surface area contributed by atoms with E-state index in [0.717, 1.165) is 37.3 Å². The van der Waals surface area contributed by atoms with E-state index in [1.165, 1.54) is 4.90 Å². The van der Waals surface area contributed by atoms with Gasteiger partial charge in [0.25, 0.3) is 5.91 Å². The van der Waals surface area contributed by atoms with Crippen LogP contribution in [0.2, 0.25) is 0 Å². The number of hydrogen-bond donors (Lipinski definition) is 2. The summed E-state index contributed by atoms with van der Waals surface area (Å²) in [5.74, 6) is -0.562. The summed E-state index contributed by atoms with van der Waals surface area (Å²) in [6.45, 7) is 1.54. The molecule has 0 saturated carbocycles. The molecule has 2 aliphatic rings. The topological polar surface area (TPSA) is 86.9 Å². The highest BCUT2D eigenvalue weighted by atomic mass is 16.3. The van der Waals surface area contributed by atoms with Crippen LogP contribution in [0.4, 0.5) is 11.4 Å². The van der Waals surface area contributed by atoms with Gasteiger partial charge in [0, 0.05) is 37.3 Å². The van der Waals surface area contributed by atoms with E-state index in [1.54, 1.807) is 13.1 Å². The van der Waals surface area contributed by atoms with Gasteiger partial charge in [-0.15, -0.1) is 0 Å². The number of fused-ring (bicyclic) bond motifs is 1. The maximum Gasteiger partial charge on any atom is 0.260 e. The molecule has 1 aromatic carbocycles. The normalized spacial score (nSPS) is 22.6. The lowest BCUT2D eigenvalue weighted by molar-refractivity contribution is -0.125. The Kier molecular flexibility index (Phi) is 3.33. The van der Waals surface area contributed by atoms with Crippen molar-refractivity contribution in [2.24, 2.45) is 11.7 Å². The molecule has 1 saturated heterocycles. The number of carbonyl (C=O) groups excluding carboxylic acids is 2. The first-order chi connectivity index (χ1) is 9.99. The maximum atomic E-state index is 11.8. The molecule has 6 nitrogen and oxygen atoms in total. The number of benzene rings is 1. The van der Waals surface area contributed by atoms with Crippen molar-refractivity contribution in [2.45, 2.75) is 18.9 Å². The number of nitrogens with two attached hydrogens (primary N) is 1. The number of primary amides is 1. The highest BCUT2D eigenvalue weighted by Crippen LogP contribution is 2.38. The predicted molar refractivity (Wildman–Crippen MR) is 78.9 cm³/mol. The lowest BCUT2D eigenvalue weighted by Crippen LogP contribution is -2.38. The van der Waals surface area contributed by atoms with Crippen LogP contribution >= 0.6 is 0 Å². The van der Waals surface area contributed by atoms with E-state index in [-0.39, 0.29) is 17.7 Å². The van der Waals surface area contributed by atoms with Gasteiger partial charge in [-0.05, 0) is 25.0 Å². The van der Waals surface area contributed by atoms with E-state index in [1.807, 2.05) is 12.1 Å². The largest absolute Gasteiger partial charge is 0.378 e. The standard InChI is InChI=1S/C15H19N3O3/c1-17-12-8-10(2-3-11(12)13(19)15(17)21)18-6-4-9(5-7-18)14(16)20/h2-3,8-9,13,19H,4-7H2,1H3,(H2,16,20). The van der Waals surface area contributed by atoms with Crippen LogP contribution in [0.3, 0.4) is 0 Å². The van der Waals surface area contributed by atoms with Crippen molar-refractivity contribution in [3.63, 3.8) is 0 Å². The lowest BCUT2D eigenvalue weighted by Gasteiger charge is -2.32. The Morgan fingerprint density at radius 2 is 2.00 bits per heavy atom. The van der Waals surface area contributed by atoms with Crippen molar-refractivity contribution >= 4 is 23.2 Å². The first-order valence-corrected chi connectivity index (χ1v) is 7.13. The van der Waals surface area contributed by atoms with Crippen LogP contribution in [0.25, 0.3) is 0 Å². The van der Waals surface area contributed by atoms with Gasteiger partial charge in [0.1, 0.15) is 0 Å². The number of aliphatic hydroxyl groups is 1. The lowest BCUT2D eigenvalue weighted by atomic mass is 9.96. The van der Waals surface area contributed by atoms with E-state index in [2.05, 4.69) is 4.90 Å². The first-order valence-electron chi connectivity index (χ1n) is 7.13. The quantitative estimate of drug-likeness (QED) is 0.825. The Bertz CT molecular complexity index is 594. The van der Waals surface area contributed by atoms with Crippen molar-refractivity contribution in [2.75, 3.05) is 29.9 Å². The molecule has 1 fully saturated rings. The molecule has 3 rings (SSSR count). The molecule has 6 heteroatoms. The minimum Gasteiger partial charge on any atom is -0.378 e. The number of amides is 2. The molecule has 112 valence electrons. The zero-order valence-corrected chi connectivity index (χ0v) is 12.0. The van der Waals surface area contributed by atoms with E-state index in [0.29, 0.717) is 5.56 Å². The summed E-state index contributed by atoms with van der Waals surface area (Å²) in [7, 11) is 1.67. The molecule has 0 spiro atoms. The zero-order valence-electron chi connectivity index (χ0n) is 12.0. The number of aliphatic hydroxyl groups excluding tert-OH is 1. The molecule has 2 aliphatic heterocycles. The van der Waals surface area contributed by atoms with Gasteiger partial charge >= 0.3 is 0 Å². The minimum atomic E-state index is -1.06. The molecule has 0 aliphatic carbocycles. The zero-order chi connectivity index (χ0) is 15.1. The summed E-state index contributed by atoms with van der Waals surface area (Å²) >= 11 is 0. The van der Waals surface area contributed by atoms with E-state index >= 15 is 0 Å². The Balaban J connectivity index is 1.80. The van der Waals surface area contributed by atoms with Gasteiger partial charge in [-0.3, -0.25) is 9.59 Å². The highest BCUT2D eigenvalue weighted by molar-refractivity contribution is 6.03. The van der Waals surface area contributed by atoms with Gasteiger partial charge in [-0.2, -0.15) is 0 Å². The second kappa shape index (κ2) is 5.04. The van der Waals surface area contributed by atoms with Crippen molar-refractivity contribution in [1.29, 1.82) is 0 Å². The molecule has 0 radical (unpaired) electrons. The van der Waals surface area contributed by atoms with Crippen molar-refractivity contribution in [3.05, 3.63) is 23.8 Å². The van der Waals surface area contributed by atoms with Crippen LogP contribution in [0.1, 0.15) is 24.5 Å². The molecule has 21 heavy (non-hydrogen) atoms. The summed E-state index contributed by atoms with van der Waals surface area (Å²) < 4.78 is 0. The smallest absolute Gasteiger partial charge is 0.260 e. The fourth-order valence-electron chi connectivity index (χ4n) is 3.11. The first kappa shape index (κ1) is 13.9. The van der Waals surface area contributed by atoms with Gasteiger partial charge in [-0.25, -0.2) is 0 Å². The maximum absolute atomic E-state index is 11.8. The van der Waals surface area contributed by atoms with Gasteiger partial charge in [0.15, 0.2) is 6.10 Å². The van der Waals surface area contributed by atoms with Gasteiger partial charge < -0.3 is 20.6 Å². The number of likely N-dealkylation sites (N-methyl/N-ethyl adjacent to an activating group) is 1. The van der Waals surface area contributed by atoms with Crippen LogP contribution < -0.4 is 15.5 Å². The molecular weight excluding hydrogens is 270 g/mol. The van der Waals surface area contributed by atoms with E-state index in [4.69, 9.17) is 5.73 Å². The van der Waals surface area contributed by atoms with Crippen LogP contribution in [0.15, 0.2) is 18.2 Å². The van der Waals surface area contributed by atoms with Gasteiger partial charge in [0.2, 0.25) is 5.91 Å². The second-order valence-electron chi connectivity index (χ2n) is 5.71. The van der Waals surface area contributed by atoms with Crippen molar-refractivity contribution in [3.8, 4) is 0 Å². The Labute approximate surface area is 123 Å². The Hall–Kier alpha value is -2.08. The number of piperidine rings is 1. The van der Waals surface area contributed by atoms with Crippen molar-refractivity contribution < 1.29 is 14.7 Å². The monoisotopic (exact) mass is 289 g/mol. The molecule has 1 unspecified atom stereocenters. The molecular formula is C15H19N3O3. The third kappa shape index (κ3) is 2.25. The van der Waals surface area contributed by atoms with Crippen molar-refractivity contribution in [1.82, 2.24) is 0 Å².